The first-order valence-electron chi connectivity index (χ1n) is 2.90. The molecule has 1 aliphatic carbocycles. The number of azo groups is 1. The van der Waals surface area contributed by atoms with Crippen LogP contribution in [0.25, 0.3) is 0 Å². The van der Waals surface area contributed by atoms with Gasteiger partial charge in [-0.25, -0.2) is 0 Å². The van der Waals surface area contributed by atoms with Crippen LogP contribution < -0.4 is 0 Å². The first-order valence-corrected chi connectivity index (χ1v) is 2.90. The number of nitrogens with zero attached hydrogens (tertiary/aromatic N) is 2. The fourth-order valence-electron chi connectivity index (χ4n) is 1.15. The smallest absolute Gasteiger partial charge is 0.108 e. The summed E-state index contributed by atoms with van der Waals surface area (Å²) in [5.74, 6) is 0. The molecule has 1 saturated carbocycles. The van der Waals surface area contributed by atoms with E-state index in [0.29, 0.717) is 0 Å². The largest absolute Gasteiger partial charge is 0.193 e. The molecular weight excluding hydrogens is 100 g/mol. The second-order valence-electron chi connectivity index (χ2n) is 2.53. The topological polar surface area (TPSA) is 24.7 Å². The van der Waals surface area contributed by atoms with Crippen molar-refractivity contribution in [1.29, 1.82) is 0 Å². The van der Waals surface area contributed by atoms with E-state index in [4.69, 9.17) is 0 Å². The zero-order valence-electron chi connectivity index (χ0n) is 4.72. The summed E-state index contributed by atoms with van der Waals surface area (Å²) in [4.78, 5) is 0. The van der Waals surface area contributed by atoms with Gasteiger partial charge in [-0.15, -0.1) is 0 Å². The normalized spacial score (nSPS) is 41.8. The molecule has 42 valence electrons. The van der Waals surface area contributed by atoms with Gasteiger partial charge in [-0.1, -0.05) is 6.58 Å². The molecule has 0 aromatic rings. The van der Waals surface area contributed by atoms with Crippen molar-refractivity contribution in [1.82, 2.24) is 0 Å². The van der Waals surface area contributed by atoms with Crippen molar-refractivity contribution in [3.05, 3.63) is 12.2 Å². The van der Waals surface area contributed by atoms with Crippen LogP contribution >= 0.6 is 0 Å². The molecule has 8 heavy (non-hydrogen) atoms. The van der Waals surface area contributed by atoms with Gasteiger partial charge in [-0.3, -0.25) is 0 Å². The Balaban J connectivity index is 2.29. The van der Waals surface area contributed by atoms with E-state index in [1.54, 1.807) is 0 Å². The number of hydrogen-bond donors (Lipinski definition) is 0. The standard InChI is InChI=1S/C6H8N2/c1-5-4-6(5)2-3-7-8-6/h1-4H2. The monoisotopic (exact) mass is 108 g/mol. The Hall–Kier alpha value is -0.660. The molecule has 1 spiro atoms. The molecule has 1 fully saturated rings. The Morgan fingerprint density at radius 1 is 1.62 bits per heavy atom. The average Bonchev–Trinajstić information content (AvgIpc) is 2.29. The van der Waals surface area contributed by atoms with E-state index in [2.05, 4.69) is 16.8 Å². The third kappa shape index (κ3) is 0.335. The van der Waals surface area contributed by atoms with Crippen molar-refractivity contribution >= 4 is 0 Å². The van der Waals surface area contributed by atoms with Crippen LogP contribution in [0.2, 0.25) is 0 Å². The molecule has 1 aliphatic heterocycles. The fourth-order valence-corrected chi connectivity index (χ4v) is 1.15. The maximum Gasteiger partial charge on any atom is 0.108 e. The maximum atomic E-state index is 4.09. The lowest BCUT2D eigenvalue weighted by Crippen LogP contribution is -1.98. The quantitative estimate of drug-likeness (QED) is 0.420. The molecule has 0 N–H and O–H groups in total. The van der Waals surface area contributed by atoms with Crippen LogP contribution in [0.15, 0.2) is 22.4 Å². The summed E-state index contributed by atoms with van der Waals surface area (Å²) in [6, 6.07) is 0. The van der Waals surface area contributed by atoms with Gasteiger partial charge in [0.1, 0.15) is 5.54 Å². The summed E-state index contributed by atoms with van der Waals surface area (Å²) < 4.78 is 0. The summed E-state index contributed by atoms with van der Waals surface area (Å²) in [6.07, 6.45) is 2.21. The van der Waals surface area contributed by atoms with Gasteiger partial charge in [0.15, 0.2) is 0 Å². The predicted octanol–water partition coefficient (Wildman–Crippen LogP) is 1.54. The van der Waals surface area contributed by atoms with E-state index in [9.17, 15) is 0 Å². The summed E-state index contributed by atoms with van der Waals surface area (Å²) in [6.45, 7) is 4.76. The molecule has 0 saturated heterocycles. The Morgan fingerprint density at radius 3 is 2.62 bits per heavy atom. The van der Waals surface area contributed by atoms with E-state index in [1.165, 1.54) is 5.57 Å². The van der Waals surface area contributed by atoms with Crippen molar-refractivity contribution in [2.45, 2.75) is 18.4 Å². The zero-order valence-corrected chi connectivity index (χ0v) is 4.72. The van der Waals surface area contributed by atoms with Crippen LogP contribution in [0.5, 0.6) is 0 Å². The minimum absolute atomic E-state index is 0.167. The van der Waals surface area contributed by atoms with Crippen LogP contribution in [0, 0.1) is 0 Å². The molecule has 2 aliphatic rings. The third-order valence-corrected chi connectivity index (χ3v) is 1.93. The molecule has 0 aromatic carbocycles. The van der Waals surface area contributed by atoms with Gasteiger partial charge >= 0.3 is 0 Å². The molecule has 2 nitrogen and oxygen atoms in total. The lowest BCUT2D eigenvalue weighted by molar-refractivity contribution is 0.719. The molecule has 0 aromatic heterocycles. The minimum Gasteiger partial charge on any atom is -0.193 e. The Bertz CT molecular complexity index is 171. The Kier molecular flexibility index (Phi) is 0.539. The molecule has 0 bridgehead atoms. The molecule has 1 heterocycles. The van der Waals surface area contributed by atoms with E-state index in [1.807, 2.05) is 0 Å². The lowest BCUT2D eigenvalue weighted by Gasteiger charge is -1.91. The second kappa shape index (κ2) is 1.02. The van der Waals surface area contributed by atoms with Crippen LogP contribution in [0.3, 0.4) is 0 Å². The van der Waals surface area contributed by atoms with E-state index < -0.39 is 0 Å². The molecule has 1 unspecified atom stereocenters. The highest BCUT2D eigenvalue weighted by Gasteiger charge is 2.49. The van der Waals surface area contributed by atoms with E-state index in [-0.39, 0.29) is 5.54 Å². The molecule has 2 rings (SSSR count). The highest BCUT2D eigenvalue weighted by molar-refractivity contribution is 5.37. The minimum atomic E-state index is 0.167. The van der Waals surface area contributed by atoms with Gasteiger partial charge in [0.25, 0.3) is 0 Å². The number of rotatable bonds is 0. The fraction of sp³-hybridized carbons (Fsp3) is 0.667. The van der Waals surface area contributed by atoms with Crippen LogP contribution in [-0.4, -0.2) is 12.1 Å². The Labute approximate surface area is 48.3 Å². The van der Waals surface area contributed by atoms with Gasteiger partial charge in [-0.05, 0) is 12.0 Å². The number of hydrogen-bond acceptors (Lipinski definition) is 2. The van der Waals surface area contributed by atoms with Crippen molar-refractivity contribution in [2.24, 2.45) is 10.2 Å². The highest BCUT2D eigenvalue weighted by atomic mass is 15.2. The maximum absolute atomic E-state index is 4.09. The molecule has 1 atom stereocenters. The average molecular weight is 108 g/mol. The van der Waals surface area contributed by atoms with Crippen LogP contribution in [0.1, 0.15) is 12.8 Å². The molecular formula is C6H8N2. The zero-order chi connectivity index (χ0) is 5.61. The third-order valence-electron chi connectivity index (χ3n) is 1.93. The van der Waals surface area contributed by atoms with Gasteiger partial charge in [0.05, 0.1) is 6.54 Å². The summed E-state index contributed by atoms with van der Waals surface area (Å²) in [5, 5.41) is 8.00. The molecule has 0 amide bonds. The van der Waals surface area contributed by atoms with Crippen LogP contribution in [-0.2, 0) is 0 Å². The first-order chi connectivity index (χ1) is 3.83. The summed E-state index contributed by atoms with van der Waals surface area (Å²) in [7, 11) is 0. The van der Waals surface area contributed by atoms with E-state index in [0.717, 1.165) is 19.4 Å². The predicted molar refractivity (Wildman–Crippen MR) is 30.8 cm³/mol. The first kappa shape index (κ1) is 4.24. The lowest BCUT2D eigenvalue weighted by atomic mass is 10.2. The molecule has 2 heteroatoms. The Morgan fingerprint density at radius 2 is 2.38 bits per heavy atom. The van der Waals surface area contributed by atoms with E-state index >= 15 is 0 Å². The van der Waals surface area contributed by atoms with Gasteiger partial charge in [0.2, 0.25) is 0 Å². The molecule has 0 radical (unpaired) electrons. The van der Waals surface area contributed by atoms with Gasteiger partial charge in [-0.2, -0.15) is 10.2 Å². The van der Waals surface area contributed by atoms with Gasteiger partial charge in [0, 0.05) is 6.42 Å². The van der Waals surface area contributed by atoms with Gasteiger partial charge < -0.3 is 0 Å². The van der Waals surface area contributed by atoms with Crippen molar-refractivity contribution in [2.75, 3.05) is 6.54 Å². The van der Waals surface area contributed by atoms with Crippen molar-refractivity contribution in [3.8, 4) is 0 Å². The SMILES string of the molecule is C=C1CC12CCN=N2. The summed E-state index contributed by atoms with van der Waals surface area (Å²) in [5.41, 5.74) is 1.44. The van der Waals surface area contributed by atoms with Crippen LogP contribution in [0.4, 0.5) is 0 Å². The van der Waals surface area contributed by atoms with Crippen molar-refractivity contribution in [3.63, 3.8) is 0 Å². The summed E-state index contributed by atoms with van der Waals surface area (Å²) >= 11 is 0. The second-order valence-corrected chi connectivity index (χ2v) is 2.53. The highest BCUT2D eigenvalue weighted by Crippen LogP contribution is 2.50. The van der Waals surface area contributed by atoms with Crippen molar-refractivity contribution < 1.29 is 0 Å².